The summed E-state index contributed by atoms with van der Waals surface area (Å²) in [5, 5.41) is 28.8. The van der Waals surface area contributed by atoms with Crippen molar-refractivity contribution in [1.29, 1.82) is 0 Å². The van der Waals surface area contributed by atoms with Crippen molar-refractivity contribution in [2.75, 3.05) is 13.2 Å². The molecule has 0 spiro atoms. The zero-order chi connectivity index (χ0) is 22.3. The Morgan fingerprint density at radius 3 is 2.55 bits per heavy atom. The topological polar surface area (TPSA) is 126 Å². The van der Waals surface area contributed by atoms with Crippen LogP contribution in [0.25, 0.3) is 11.0 Å². The Balaban J connectivity index is 1.73. The fraction of sp³-hybridized carbons (Fsp3) is 0.304. The van der Waals surface area contributed by atoms with Gasteiger partial charge in [-0.05, 0) is 49.7 Å². The van der Waals surface area contributed by atoms with Crippen LogP contribution in [-0.4, -0.2) is 53.0 Å². The molecule has 31 heavy (non-hydrogen) atoms. The molecule has 1 aliphatic carbocycles. The zero-order valence-corrected chi connectivity index (χ0v) is 17.0. The number of benzene rings is 2. The second-order valence-electron chi connectivity index (χ2n) is 7.97. The third-order valence-corrected chi connectivity index (χ3v) is 5.60. The minimum Gasteiger partial charge on any atom is -0.491 e. The highest BCUT2D eigenvalue weighted by atomic mass is 16.5. The molecule has 0 radical (unpaired) electrons. The van der Waals surface area contributed by atoms with Crippen LogP contribution in [0, 0.1) is 0 Å². The van der Waals surface area contributed by atoms with Gasteiger partial charge in [0.1, 0.15) is 41.7 Å². The summed E-state index contributed by atoms with van der Waals surface area (Å²) < 4.78 is 16.5. The average molecular weight is 426 g/mol. The maximum absolute atomic E-state index is 13.3. The van der Waals surface area contributed by atoms with Crippen molar-refractivity contribution >= 4 is 23.2 Å². The minimum absolute atomic E-state index is 0.186. The van der Waals surface area contributed by atoms with Crippen molar-refractivity contribution in [3.05, 3.63) is 58.8 Å². The number of hydrogen-bond acceptors (Lipinski definition) is 8. The number of hydrogen-bond donors (Lipinski definition) is 3. The molecule has 162 valence electrons. The lowest BCUT2D eigenvalue weighted by atomic mass is 9.71. The van der Waals surface area contributed by atoms with Gasteiger partial charge in [-0.1, -0.05) is 0 Å². The molecule has 0 aliphatic heterocycles. The van der Waals surface area contributed by atoms with Crippen molar-refractivity contribution in [2.45, 2.75) is 31.5 Å². The van der Waals surface area contributed by atoms with Crippen molar-refractivity contribution in [3.8, 4) is 11.5 Å². The van der Waals surface area contributed by atoms with E-state index in [-0.39, 0.29) is 12.4 Å². The predicted octanol–water partition coefficient (Wildman–Crippen LogP) is 1.93. The van der Waals surface area contributed by atoms with Gasteiger partial charge >= 0.3 is 0 Å². The Morgan fingerprint density at radius 2 is 1.84 bits per heavy atom. The standard InChI is InChI=1S/C23H22O8/c1-23(2)16-7-12(29-10-18(27)17(26)9-24)3-5-14(16)21(28)20-15-6-4-13(30-11-25)8-19(15)31-22(20)23/h3-8,11,17-18,24,26-27H,9-10H2,1-2H3/t17-,18-/m1/s1. The number of carbonyl (C=O) groups excluding carboxylic acids is 2. The first-order valence-electron chi connectivity index (χ1n) is 9.74. The number of ketones is 1. The van der Waals surface area contributed by atoms with Gasteiger partial charge in [0.25, 0.3) is 6.47 Å². The molecule has 1 heterocycles. The molecule has 0 saturated heterocycles. The summed E-state index contributed by atoms with van der Waals surface area (Å²) >= 11 is 0. The first-order valence-corrected chi connectivity index (χ1v) is 9.74. The fourth-order valence-electron chi connectivity index (χ4n) is 3.87. The molecule has 1 aliphatic rings. The SMILES string of the molecule is CC1(C)c2cc(OC[C@@H](O)[C@H](O)CO)ccc2C(=O)c2c1oc1cc(OC=O)ccc21. The van der Waals surface area contributed by atoms with Crippen LogP contribution < -0.4 is 9.47 Å². The largest absolute Gasteiger partial charge is 0.491 e. The maximum Gasteiger partial charge on any atom is 0.298 e. The number of carbonyl (C=O) groups is 2. The molecule has 0 bridgehead atoms. The molecule has 4 rings (SSSR count). The van der Waals surface area contributed by atoms with Gasteiger partial charge < -0.3 is 29.2 Å². The van der Waals surface area contributed by atoms with E-state index in [2.05, 4.69) is 0 Å². The summed E-state index contributed by atoms with van der Waals surface area (Å²) in [6, 6.07) is 9.86. The number of fused-ring (bicyclic) bond motifs is 4. The maximum atomic E-state index is 13.3. The van der Waals surface area contributed by atoms with Crippen LogP contribution in [0.3, 0.4) is 0 Å². The average Bonchev–Trinajstić information content (AvgIpc) is 3.15. The molecule has 0 amide bonds. The minimum atomic E-state index is -1.30. The van der Waals surface area contributed by atoms with Crippen LogP contribution in [0.4, 0.5) is 0 Å². The fourth-order valence-corrected chi connectivity index (χ4v) is 3.87. The van der Waals surface area contributed by atoms with Crippen molar-refractivity contribution in [3.63, 3.8) is 0 Å². The van der Waals surface area contributed by atoms with Crippen LogP contribution >= 0.6 is 0 Å². The monoisotopic (exact) mass is 426 g/mol. The normalized spacial score (nSPS) is 16.4. The van der Waals surface area contributed by atoms with Crippen molar-refractivity contribution in [1.82, 2.24) is 0 Å². The van der Waals surface area contributed by atoms with E-state index in [9.17, 15) is 19.8 Å². The van der Waals surface area contributed by atoms with E-state index in [0.717, 1.165) is 0 Å². The molecule has 1 aromatic heterocycles. The van der Waals surface area contributed by atoms with E-state index >= 15 is 0 Å². The zero-order valence-electron chi connectivity index (χ0n) is 17.0. The molecule has 2 aromatic carbocycles. The van der Waals surface area contributed by atoms with Crippen LogP contribution in [-0.2, 0) is 10.2 Å². The quantitative estimate of drug-likeness (QED) is 0.489. The molecule has 2 atom stereocenters. The van der Waals surface area contributed by atoms with E-state index < -0.39 is 24.2 Å². The number of aliphatic hydroxyl groups excluding tert-OH is 3. The summed E-state index contributed by atoms with van der Waals surface area (Å²) in [7, 11) is 0. The van der Waals surface area contributed by atoms with Gasteiger partial charge in [0.15, 0.2) is 5.78 Å². The Kier molecular flexibility index (Phi) is 5.30. The van der Waals surface area contributed by atoms with Crippen LogP contribution in [0.2, 0.25) is 0 Å². The summed E-state index contributed by atoms with van der Waals surface area (Å²) in [6.45, 7) is 3.38. The van der Waals surface area contributed by atoms with Gasteiger partial charge in [0, 0.05) is 22.4 Å². The van der Waals surface area contributed by atoms with Gasteiger partial charge in [0.05, 0.1) is 12.2 Å². The highest BCUT2D eigenvalue weighted by Gasteiger charge is 2.41. The molecule has 8 heteroatoms. The first-order chi connectivity index (χ1) is 14.8. The van der Waals surface area contributed by atoms with Crippen LogP contribution in [0.1, 0.15) is 41.1 Å². The summed E-state index contributed by atoms with van der Waals surface area (Å²) in [5.74, 6) is 1.03. The predicted molar refractivity (Wildman–Crippen MR) is 110 cm³/mol. The van der Waals surface area contributed by atoms with Gasteiger partial charge in [-0.15, -0.1) is 0 Å². The lowest BCUT2D eigenvalue weighted by Crippen LogP contribution is -2.34. The third-order valence-electron chi connectivity index (χ3n) is 5.60. The Hall–Kier alpha value is -3.20. The summed E-state index contributed by atoms with van der Waals surface area (Å²) in [6.07, 6.45) is -2.55. The molecular formula is C23H22O8. The van der Waals surface area contributed by atoms with Crippen molar-refractivity contribution < 1.29 is 38.8 Å². The second kappa shape index (κ2) is 7.81. The number of aliphatic hydroxyl groups is 3. The smallest absolute Gasteiger partial charge is 0.298 e. The molecule has 0 unspecified atom stereocenters. The number of furan rings is 1. The van der Waals surface area contributed by atoms with Gasteiger partial charge in [-0.3, -0.25) is 9.59 Å². The van der Waals surface area contributed by atoms with Crippen LogP contribution in [0.15, 0.2) is 40.8 Å². The lowest BCUT2D eigenvalue weighted by Gasteiger charge is -2.31. The number of ether oxygens (including phenoxy) is 2. The Morgan fingerprint density at radius 1 is 1.10 bits per heavy atom. The Labute approximate surface area is 177 Å². The van der Waals surface area contributed by atoms with E-state index in [0.29, 0.717) is 51.4 Å². The van der Waals surface area contributed by atoms with Gasteiger partial charge in [-0.25, -0.2) is 0 Å². The van der Waals surface area contributed by atoms with E-state index in [4.69, 9.17) is 19.0 Å². The molecule has 3 aromatic rings. The van der Waals surface area contributed by atoms with E-state index in [1.165, 1.54) is 0 Å². The molecular weight excluding hydrogens is 404 g/mol. The highest BCUT2D eigenvalue weighted by molar-refractivity contribution is 6.19. The third kappa shape index (κ3) is 3.48. The molecule has 8 nitrogen and oxygen atoms in total. The first kappa shape index (κ1) is 21.0. The summed E-state index contributed by atoms with van der Waals surface area (Å²) in [4.78, 5) is 23.9. The second-order valence-corrected chi connectivity index (χ2v) is 7.97. The van der Waals surface area contributed by atoms with Gasteiger partial charge in [0.2, 0.25) is 0 Å². The summed E-state index contributed by atoms with van der Waals surface area (Å²) in [5.41, 5.74) is 1.45. The molecule has 0 fully saturated rings. The van der Waals surface area contributed by atoms with Gasteiger partial charge in [-0.2, -0.15) is 0 Å². The van der Waals surface area contributed by atoms with E-state index in [1.807, 2.05) is 13.8 Å². The van der Waals surface area contributed by atoms with Crippen LogP contribution in [0.5, 0.6) is 11.5 Å². The molecule has 0 saturated carbocycles. The van der Waals surface area contributed by atoms with Crippen molar-refractivity contribution in [2.24, 2.45) is 0 Å². The molecule has 3 N–H and O–H groups in total. The van der Waals surface area contributed by atoms with E-state index in [1.54, 1.807) is 36.4 Å². The lowest BCUT2D eigenvalue weighted by molar-refractivity contribution is -0.120. The Bertz CT molecular complexity index is 1160. The number of rotatable bonds is 7. The highest BCUT2D eigenvalue weighted by Crippen LogP contribution is 2.46.